The summed E-state index contributed by atoms with van der Waals surface area (Å²) in [5, 5.41) is 0. The third-order valence-corrected chi connectivity index (χ3v) is 16.2. The van der Waals surface area contributed by atoms with Gasteiger partial charge < -0.3 is 9.16 Å². The number of aryl methyl sites for hydroxylation is 1. The second kappa shape index (κ2) is 9.78. The van der Waals surface area contributed by atoms with Crippen LogP contribution in [0, 0.1) is 11.3 Å². The summed E-state index contributed by atoms with van der Waals surface area (Å²) >= 11 is 0. The molecule has 3 heteroatoms. The molecule has 0 unspecified atom stereocenters. The lowest BCUT2D eigenvalue weighted by atomic mass is 9.60. The fourth-order valence-corrected chi connectivity index (χ4v) is 14.2. The molecule has 2 bridgehead atoms. The molecule has 2 aliphatic heterocycles. The van der Waals surface area contributed by atoms with E-state index in [4.69, 9.17) is 9.16 Å². The molecule has 0 radical (unpaired) electrons. The normalized spacial score (nSPS) is 31.8. The van der Waals surface area contributed by atoms with Gasteiger partial charge in [-0.05, 0) is 67.6 Å². The van der Waals surface area contributed by atoms with Crippen LogP contribution in [-0.2, 0) is 15.6 Å². The Morgan fingerprint density at radius 1 is 0.909 bits per heavy atom. The van der Waals surface area contributed by atoms with E-state index in [1.807, 2.05) is 0 Å². The van der Waals surface area contributed by atoms with Crippen LogP contribution in [0.15, 0.2) is 30.3 Å². The minimum atomic E-state index is -2.00. The molecule has 2 heterocycles. The van der Waals surface area contributed by atoms with Crippen molar-refractivity contribution < 1.29 is 9.16 Å². The lowest BCUT2D eigenvalue weighted by Gasteiger charge is -2.60. The average molecular weight is 471 g/mol. The van der Waals surface area contributed by atoms with Crippen LogP contribution >= 0.6 is 0 Å². The summed E-state index contributed by atoms with van der Waals surface area (Å²) in [7, 11) is -2.00. The molecule has 4 atom stereocenters. The SMILES string of the molecule is CC(C)[Si](O[C@@H]1[C@@H](CCc2ccccc2)[C@]2(C)CC[C@H](O2)C12CCCCC2)(C(C)C)C(C)C. The topological polar surface area (TPSA) is 18.5 Å². The molecule has 0 amide bonds. The maximum absolute atomic E-state index is 7.86. The van der Waals surface area contributed by atoms with Gasteiger partial charge in [0.2, 0.25) is 8.32 Å². The Hall–Kier alpha value is -0.643. The molecule has 3 aliphatic rings. The van der Waals surface area contributed by atoms with E-state index in [1.54, 1.807) is 0 Å². The van der Waals surface area contributed by atoms with E-state index in [9.17, 15) is 0 Å². The second-order valence-electron chi connectivity index (χ2n) is 12.7. The highest BCUT2D eigenvalue weighted by atomic mass is 28.4. The van der Waals surface area contributed by atoms with Crippen molar-refractivity contribution in [2.24, 2.45) is 11.3 Å². The summed E-state index contributed by atoms with van der Waals surface area (Å²) in [5.74, 6) is 0.484. The zero-order chi connectivity index (χ0) is 23.9. The summed E-state index contributed by atoms with van der Waals surface area (Å²) in [4.78, 5) is 0. The van der Waals surface area contributed by atoms with Crippen molar-refractivity contribution in [2.75, 3.05) is 0 Å². The van der Waals surface area contributed by atoms with Crippen molar-refractivity contribution in [2.45, 2.75) is 141 Å². The van der Waals surface area contributed by atoms with E-state index in [-0.39, 0.29) is 11.0 Å². The number of rotatable bonds is 8. The van der Waals surface area contributed by atoms with Crippen molar-refractivity contribution in [1.29, 1.82) is 0 Å². The molecule has 0 aromatic heterocycles. The molecule has 4 rings (SSSR count). The van der Waals surface area contributed by atoms with Gasteiger partial charge in [0.15, 0.2) is 0 Å². The lowest BCUT2D eigenvalue weighted by molar-refractivity contribution is -0.232. The Bertz CT molecular complexity index is 745. The Morgan fingerprint density at radius 2 is 1.52 bits per heavy atom. The molecule has 3 fully saturated rings. The van der Waals surface area contributed by atoms with Crippen LogP contribution in [0.5, 0.6) is 0 Å². The number of benzene rings is 1. The Kier molecular flexibility index (Phi) is 7.54. The first kappa shape index (κ1) is 25.4. The Labute approximate surface area is 205 Å². The highest BCUT2D eigenvalue weighted by molar-refractivity contribution is 6.77. The Balaban J connectivity index is 1.75. The number of ether oxygens (including phenoxy) is 1. The highest BCUT2D eigenvalue weighted by Gasteiger charge is 2.65. The lowest BCUT2D eigenvalue weighted by Crippen LogP contribution is -2.64. The van der Waals surface area contributed by atoms with Crippen molar-refractivity contribution in [3.63, 3.8) is 0 Å². The molecule has 1 saturated carbocycles. The summed E-state index contributed by atoms with van der Waals surface area (Å²) in [6, 6.07) is 11.1. The summed E-state index contributed by atoms with van der Waals surface area (Å²) in [5.41, 5.74) is 3.53. The maximum Gasteiger partial charge on any atom is 0.200 e. The number of hydrogen-bond acceptors (Lipinski definition) is 2. The van der Waals surface area contributed by atoms with Gasteiger partial charge in [0.1, 0.15) is 0 Å². The summed E-state index contributed by atoms with van der Waals surface area (Å²) in [6.07, 6.45) is 12.2. The predicted molar refractivity (Wildman–Crippen MR) is 142 cm³/mol. The van der Waals surface area contributed by atoms with Crippen molar-refractivity contribution >= 4 is 8.32 Å². The standard InChI is InChI=1S/C30H50O2Si/c1-22(2)33(23(3)4,24(5)6)32-28-26(17-16-25-14-10-8-11-15-25)29(7)21-18-27(31-29)30(28)19-12-9-13-20-30/h8,10-11,14-15,22-24,26-28H,9,12-13,16-21H2,1-7H3/t26-,27+,28-,29+/m1/s1. The van der Waals surface area contributed by atoms with Gasteiger partial charge in [0, 0.05) is 11.3 Å². The molecular weight excluding hydrogens is 420 g/mol. The average Bonchev–Trinajstić information content (AvgIpc) is 3.16. The fraction of sp³-hybridized carbons (Fsp3) is 0.800. The fourth-order valence-electron chi connectivity index (χ4n) is 8.51. The molecule has 2 saturated heterocycles. The van der Waals surface area contributed by atoms with Crippen LogP contribution in [0.2, 0.25) is 16.6 Å². The van der Waals surface area contributed by atoms with Gasteiger partial charge in [-0.15, -0.1) is 0 Å². The first-order valence-electron chi connectivity index (χ1n) is 14.1. The minimum Gasteiger partial charge on any atom is -0.412 e. The molecule has 0 N–H and O–H groups in total. The van der Waals surface area contributed by atoms with Gasteiger partial charge in [-0.3, -0.25) is 0 Å². The Morgan fingerprint density at radius 3 is 2.09 bits per heavy atom. The third-order valence-electron chi connectivity index (χ3n) is 10.1. The van der Waals surface area contributed by atoms with Crippen LogP contribution in [0.1, 0.15) is 105 Å². The van der Waals surface area contributed by atoms with Crippen LogP contribution < -0.4 is 0 Å². The molecule has 1 spiro atoms. The number of hydrogen-bond donors (Lipinski definition) is 0. The van der Waals surface area contributed by atoms with Crippen LogP contribution in [0.3, 0.4) is 0 Å². The molecule has 1 aliphatic carbocycles. The van der Waals surface area contributed by atoms with E-state index in [0.717, 1.165) is 6.42 Å². The highest BCUT2D eigenvalue weighted by Crippen LogP contribution is 2.62. The van der Waals surface area contributed by atoms with Crippen molar-refractivity contribution in [3.05, 3.63) is 35.9 Å². The minimum absolute atomic E-state index is 0.0299. The van der Waals surface area contributed by atoms with Gasteiger partial charge in [-0.1, -0.05) is 91.1 Å². The van der Waals surface area contributed by atoms with E-state index < -0.39 is 8.32 Å². The van der Waals surface area contributed by atoms with E-state index in [0.29, 0.717) is 34.7 Å². The molecule has 186 valence electrons. The maximum atomic E-state index is 7.86. The van der Waals surface area contributed by atoms with E-state index in [1.165, 1.54) is 56.9 Å². The largest absolute Gasteiger partial charge is 0.412 e. The van der Waals surface area contributed by atoms with Crippen molar-refractivity contribution in [3.8, 4) is 0 Å². The van der Waals surface area contributed by atoms with Gasteiger partial charge in [-0.2, -0.15) is 0 Å². The molecule has 2 nitrogen and oxygen atoms in total. The summed E-state index contributed by atoms with van der Waals surface area (Å²) in [6.45, 7) is 17.1. The quantitative estimate of drug-likeness (QED) is 0.354. The van der Waals surface area contributed by atoms with E-state index in [2.05, 4.69) is 78.8 Å². The third kappa shape index (κ3) is 4.40. The zero-order valence-electron chi connectivity index (χ0n) is 22.5. The number of fused-ring (bicyclic) bond motifs is 3. The molecule has 1 aromatic rings. The molecule has 33 heavy (non-hydrogen) atoms. The van der Waals surface area contributed by atoms with Gasteiger partial charge in [-0.25, -0.2) is 0 Å². The van der Waals surface area contributed by atoms with Crippen LogP contribution in [-0.4, -0.2) is 26.1 Å². The smallest absolute Gasteiger partial charge is 0.200 e. The monoisotopic (exact) mass is 470 g/mol. The van der Waals surface area contributed by atoms with Crippen molar-refractivity contribution in [1.82, 2.24) is 0 Å². The van der Waals surface area contributed by atoms with Gasteiger partial charge in [0.05, 0.1) is 17.8 Å². The van der Waals surface area contributed by atoms with Gasteiger partial charge in [0.25, 0.3) is 0 Å². The summed E-state index contributed by atoms with van der Waals surface area (Å²) < 4.78 is 14.9. The predicted octanol–water partition coefficient (Wildman–Crippen LogP) is 8.70. The second-order valence-corrected chi connectivity index (χ2v) is 18.1. The first-order chi connectivity index (χ1) is 15.7. The molecular formula is C30H50O2Si. The van der Waals surface area contributed by atoms with Gasteiger partial charge >= 0.3 is 0 Å². The van der Waals surface area contributed by atoms with Crippen LogP contribution in [0.25, 0.3) is 0 Å². The zero-order valence-corrected chi connectivity index (χ0v) is 23.5. The first-order valence-corrected chi connectivity index (χ1v) is 16.2. The van der Waals surface area contributed by atoms with Crippen LogP contribution in [0.4, 0.5) is 0 Å². The van der Waals surface area contributed by atoms with E-state index >= 15 is 0 Å². The molecule has 1 aromatic carbocycles.